The number of nitrogens with two attached hydrogens (primary N) is 1. The zero-order chi connectivity index (χ0) is 26.5. The molecule has 0 saturated carbocycles. The average Bonchev–Trinajstić information content (AvgIpc) is 2.90. The van der Waals surface area contributed by atoms with E-state index in [9.17, 15) is 9.59 Å². The Morgan fingerprint density at radius 1 is 1.05 bits per heavy atom. The van der Waals surface area contributed by atoms with Gasteiger partial charge in [0.25, 0.3) is 0 Å². The minimum atomic E-state index is -0.423. The summed E-state index contributed by atoms with van der Waals surface area (Å²) in [5.41, 5.74) is 8.14. The number of unbranched alkanes of at least 4 members (excludes halogenated alkanes) is 2. The van der Waals surface area contributed by atoms with E-state index in [-0.39, 0.29) is 12.0 Å². The highest BCUT2D eigenvalue weighted by Gasteiger charge is 2.23. The minimum Gasteiger partial charge on any atom is -0.446 e. The third kappa shape index (κ3) is 10.0. The molecular weight excluding hydrogens is 486 g/mol. The maximum Gasteiger partial charge on any atom is 0.411 e. The lowest BCUT2D eigenvalue weighted by molar-refractivity contribution is -0.130. The fraction of sp³-hybridized carbons (Fsp3) is 0.464. The zero-order valence-corrected chi connectivity index (χ0v) is 22.5. The summed E-state index contributed by atoms with van der Waals surface area (Å²) in [6.07, 6.45) is 4.37. The van der Waals surface area contributed by atoms with Crippen molar-refractivity contribution in [1.82, 2.24) is 15.1 Å². The van der Waals surface area contributed by atoms with Crippen LogP contribution in [0.3, 0.4) is 0 Å². The van der Waals surface area contributed by atoms with Crippen LogP contribution in [0.25, 0.3) is 11.1 Å². The minimum absolute atomic E-state index is 0.109. The third-order valence-electron chi connectivity index (χ3n) is 6.60. The molecule has 2 aromatic rings. The van der Waals surface area contributed by atoms with Gasteiger partial charge in [-0.3, -0.25) is 10.1 Å². The molecule has 0 atom stereocenters. The molecule has 0 aromatic heterocycles. The number of nitrogens with one attached hydrogen (secondary N) is 2. The van der Waals surface area contributed by atoms with E-state index in [1.807, 2.05) is 66.5 Å². The summed E-state index contributed by atoms with van der Waals surface area (Å²) >= 11 is 4.78. The van der Waals surface area contributed by atoms with Crippen molar-refractivity contribution in [2.45, 2.75) is 44.6 Å². The monoisotopic (exact) mass is 525 g/mol. The van der Waals surface area contributed by atoms with Gasteiger partial charge in [-0.15, -0.1) is 0 Å². The van der Waals surface area contributed by atoms with Gasteiger partial charge in [-0.2, -0.15) is 0 Å². The van der Waals surface area contributed by atoms with Crippen LogP contribution in [0.2, 0.25) is 0 Å². The lowest BCUT2D eigenvalue weighted by atomic mass is 10.0. The molecule has 0 radical (unpaired) electrons. The van der Waals surface area contributed by atoms with Gasteiger partial charge < -0.3 is 25.6 Å². The SMILES string of the molecule is CN(CCN1CCC(OC(=O)Nc2ccccc2-c2ccccc2)CC1)C(=O)CCCCCNC(N)=S. The van der Waals surface area contributed by atoms with Gasteiger partial charge in [0.05, 0.1) is 5.69 Å². The van der Waals surface area contributed by atoms with Crippen LogP contribution < -0.4 is 16.4 Å². The third-order valence-corrected chi connectivity index (χ3v) is 6.75. The first-order chi connectivity index (χ1) is 17.9. The largest absolute Gasteiger partial charge is 0.446 e. The number of carbonyl (C=O) groups excluding carboxylic acids is 2. The number of para-hydroxylation sites is 1. The summed E-state index contributed by atoms with van der Waals surface area (Å²) in [7, 11) is 1.87. The Balaban J connectivity index is 1.32. The van der Waals surface area contributed by atoms with Gasteiger partial charge in [-0.25, -0.2) is 4.79 Å². The van der Waals surface area contributed by atoms with E-state index < -0.39 is 6.09 Å². The molecule has 0 spiro atoms. The fourth-order valence-electron chi connectivity index (χ4n) is 4.40. The maximum atomic E-state index is 12.6. The van der Waals surface area contributed by atoms with Crippen molar-refractivity contribution in [2.75, 3.05) is 45.1 Å². The van der Waals surface area contributed by atoms with E-state index in [1.54, 1.807) is 0 Å². The van der Waals surface area contributed by atoms with Crippen LogP contribution in [-0.2, 0) is 9.53 Å². The first-order valence-corrected chi connectivity index (χ1v) is 13.4. The van der Waals surface area contributed by atoms with Crippen LogP contribution in [-0.4, -0.2) is 72.8 Å². The maximum absolute atomic E-state index is 12.6. The molecule has 4 N–H and O–H groups in total. The molecule has 200 valence electrons. The van der Waals surface area contributed by atoms with Gasteiger partial charge in [0.1, 0.15) is 6.10 Å². The van der Waals surface area contributed by atoms with E-state index >= 15 is 0 Å². The molecule has 1 heterocycles. The number of likely N-dealkylation sites (N-methyl/N-ethyl adjacent to an activating group) is 1. The second-order valence-corrected chi connectivity index (χ2v) is 9.84. The Bertz CT molecular complexity index is 1010. The standard InChI is InChI=1S/C28H39N5O3S/c1-32(26(34)14-6-3-9-17-30-27(29)37)20-21-33-18-15-23(16-19-33)36-28(35)31-25-13-8-7-12-24(25)22-10-4-2-5-11-22/h2,4-5,7-8,10-13,23H,3,6,9,14-21H2,1H3,(H,31,35)(H3,29,30,37). The molecule has 3 rings (SSSR count). The molecule has 8 nitrogen and oxygen atoms in total. The normalized spacial score (nSPS) is 14.1. The van der Waals surface area contributed by atoms with Gasteiger partial charge in [0.15, 0.2) is 5.11 Å². The topological polar surface area (TPSA) is 99.9 Å². The van der Waals surface area contributed by atoms with Crippen molar-refractivity contribution in [2.24, 2.45) is 5.73 Å². The van der Waals surface area contributed by atoms with E-state index in [0.29, 0.717) is 18.1 Å². The number of rotatable bonds is 12. The Morgan fingerprint density at radius 3 is 2.49 bits per heavy atom. The van der Waals surface area contributed by atoms with E-state index in [0.717, 1.165) is 75.1 Å². The highest BCUT2D eigenvalue weighted by molar-refractivity contribution is 7.80. The second-order valence-electron chi connectivity index (χ2n) is 9.40. The number of likely N-dealkylation sites (tertiary alicyclic amines) is 1. The molecule has 0 bridgehead atoms. The highest BCUT2D eigenvalue weighted by Crippen LogP contribution is 2.28. The van der Waals surface area contributed by atoms with E-state index in [4.69, 9.17) is 22.7 Å². The number of benzene rings is 2. The number of carbonyl (C=O) groups is 2. The lowest BCUT2D eigenvalue weighted by Crippen LogP contribution is -2.42. The summed E-state index contributed by atoms with van der Waals surface area (Å²) < 4.78 is 5.72. The lowest BCUT2D eigenvalue weighted by Gasteiger charge is -2.32. The molecule has 1 aliphatic heterocycles. The molecular formula is C28H39N5O3S. The van der Waals surface area contributed by atoms with Gasteiger partial charge in [0.2, 0.25) is 5.91 Å². The summed E-state index contributed by atoms with van der Waals surface area (Å²) in [6.45, 7) is 3.96. The van der Waals surface area contributed by atoms with Crippen molar-refractivity contribution in [3.8, 4) is 11.1 Å². The first kappa shape index (κ1) is 28.4. The molecule has 0 unspecified atom stereocenters. The number of nitrogens with zero attached hydrogens (tertiary/aromatic N) is 2. The Morgan fingerprint density at radius 2 is 1.76 bits per heavy atom. The summed E-state index contributed by atoms with van der Waals surface area (Å²) in [5, 5.41) is 6.16. The van der Waals surface area contributed by atoms with Gasteiger partial charge in [-0.1, -0.05) is 55.0 Å². The number of ether oxygens (including phenoxy) is 1. The average molecular weight is 526 g/mol. The van der Waals surface area contributed by atoms with Crippen molar-refractivity contribution in [3.63, 3.8) is 0 Å². The molecule has 2 amide bonds. The van der Waals surface area contributed by atoms with Crippen LogP contribution >= 0.6 is 12.2 Å². The van der Waals surface area contributed by atoms with Crippen LogP contribution in [0.15, 0.2) is 54.6 Å². The molecule has 2 aromatic carbocycles. The molecule has 37 heavy (non-hydrogen) atoms. The summed E-state index contributed by atoms with van der Waals surface area (Å²) in [4.78, 5) is 29.1. The van der Waals surface area contributed by atoms with E-state index in [1.165, 1.54) is 0 Å². The molecule has 0 aliphatic carbocycles. The van der Waals surface area contributed by atoms with Crippen molar-refractivity contribution >= 4 is 35.0 Å². The number of hydrogen-bond donors (Lipinski definition) is 3. The number of piperidine rings is 1. The van der Waals surface area contributed by atoms with Crippen molar-refractivity contribution in [3.05, 3.63) is 54.6 Å². The zero-order valence-electron chi connectivity index (χ0n) is 21.7. The van der Waals surface area contributed by atoms with Crippen LogP contribution in [0.5, 0.6) is 0 Å². The number of thiocarbonyl (C=S) groups is 1. The Labute approximate surface area is 225 Å². The van der Waals surface area contributed by atoms with E-state index in [2.05, 4.69) is 15.5 Å². The van der Waals surface area contributed by atoms with Crippen LogP contribution in [0.1, 0.15) is 38.5 Å². The number of anilines is 1. The molecule has 1 aliphatic rings. The quantitative estimate of drug-likeness (QED) is 0.282. The van der Waals surface area contributed by atoms with Crippen LogP contribution in [0, 0.1) is 0 Å². The Hall–Kier alpha value is -3.17. The van der Waals surface area contributed by atoms with Crippen molar-refractivity contribution < 1.29 is 14.3 Å². The molecule has 1 saturated heterocycles. The van der Waals surface area contributed by atoms with Gasteiger partial charge in [0, 0.05) is 51.8 Å². The van der Waals surface area contributed by atoms with Gasteiger partial charge >= 0.3 is 6.09 Å². The summed E-state index contributed by atoms with van der Waals surface area (Å²) in [5.74, 6) is 0.174. The van der Waals surface area contributed by atoms with Crippen LogP contribution in [0.4, 0.5) is 10.5 Å². The number of hydrogen-bond acceptors (Lipinski definition) is 5. The highest BCUT2D eigenvalue weighted by atomic mass is 32.1. The predicted molar refractivity (Wildman–Crippen MR) is 152 cm³/mol. The Kier molecular flexibility index (Phi) is 11.6. The fourth-order valence-corrected chi connectivity index (χ4v) is 4.50. The molecule has 9 heteroatoms. The van der Waals surface area contributed by atoms with Gasteiger partial charge in [-0.05, 0) is 49.5 Å². The number of amides is 2. The molecule has 1 fully saturated rings. The summed E-state index contributed by atoms with van der Waals surface area (Å²) in [6, 6.07) is 17.7. The van der Waals surface area contributed by atoms with Crippen molar-refractivity contribution in [1.29, 1.82) is 0 Å². The first-order valence-electron chi connectivity index (χ1n) is 13.0. The predicted octanol–water partition coefficient (Wildman–Crippen LogP) is 4.22. The smallest absolute Gasteiger partial charge is 0.411 e. The second kappa shape index (κ2) is 15.2.